The van der Waals surface area contributed by atoms with Gasteiger partial charge in [0.05, 0.1) is 11.1 Å². The third-order valence-corrected chi connectivity index (χ3v) is 6.66. The predicted octanol–water partition coefficient (Wildman–Crippen LogP) is 4.23. The number of benzene rings is 1. The van der Waals surface area contributed by atoms with E-state index in [2.05, 4.69) is 5.32 Å². The molecule has 4 N–H and O–H groups in total. The number of aliphatic hydroxyl groups excluding tert-OH is 1. The summed E-state index contributed by atoms with van der Waals surface area (Å²) >= 11 is 5.84. The second-order valence-electron chi connectivity index (χ2n) is 8.62. The lowest BCUT2D eigenvalue weighted by atomic mass is 9.85. The zero-order valence-corrected chi connectivity index (χ0v) is 17.7. The normalized spacial score (nSPS) is 22.9. The highest BCUT2D eigenvalue weighted by molar-refractivity contribution is 6.30. The van der Waals surface area contributed by atoms with Gasteiger partial charge in [-0.2, -0.15) is 0 Å². The van der Waals surface area contributed by atoms with E-state index in [1.807, 2.05) is 0 Å². The van der Waals surface area contributed by atoms with Crippen molar-refractivity contribution in [2.45, 2.75) is 63.5 Å². The van der Waals surface area contributed by atoms with Crippen LogP contribution in [0, 0.1) is 17.7 Å². The van der Waals surface area contributed by atoms with Crippen LogP contribution in [0.25, 0.3) is 0 Å². The Morgan fingerprint density at radius 2 is 2.03 bits per heavy atom. The minimum atomic E-state index is -0.988. The molecule has 3 atom stereocenters. The summed E-state index contributed by atoms with van der Waals surface area (Å²) in [6.45, 7) is 1.48. The molecule has 5 nitrogen and oxygen atoms in total. The Balaban J connectivity index is 1.49. The van der Waals surface area contributed by atoms with Crippen LogP contribution < -0.4 is 11.1 Å². The number of likely N-dealkylation sites (tertiary alicyclic amines) is 1. The van der Waals surface area contributed by atoms with Crippen molar-refractivity contribution in [1.29, 1.82) is 0 Å². The number of urea groups is 1. The Bertz CT molecular complexity index is 684. The minimum absolute atomic E-state index is 0.00101. The molecule has 7 heteroatoms. The molecule has 1 aliphatic heterocycles. The van der Waals surface area contributed by atoms with E-state index in [0.717, 1.165) is 19.3 Å². The van der Waals surface area contributed by atoms with Gasteiger partial charge in [-0.15, -0.1) is 0 Å². The molecule has 3 rings (SSSR count). The Labute approximate surface area is 177 Å². The van der Waals surface area contributed by atoms with Crippen LogP contribution in [0.5, 0.6) is 0 Å². The maximum absolute atomic E-state index is 14.3. The second kappa shape index (κ2) is 10.6. The van der Waals surface area contributed by atoms with Crippen molar-refractivity contribution >= 4 is 17.6 Å². The zero-order chi connectivity index (χ0) is 20.8. The first-order valence-corrected chi connectivity index (χ1v) is 11.2. The number of hydrogen-bond acceptors (Lipinski definition) is 3. The van der Waals surface area contributed by atoms with Crippen LogP contribution in [-0.2, 0) is 0 Å². The molecule has 2 fully saturated rings. The first kappa shape index (κ1) is 22.3. The number of hydrogen-bond donors (Lipinski definition) is 3. The van der Waals surface area contributed by atoms with Crippen LogP contribution in [0.1, 0.15) is 63.0 Å². The summed E-state index contributed by atoms with van der Waals surface area (Å²) in [5.74, 6) is -0.131. The van der Waals surface area contributed by atoms with E-state index < -0.39 is 11.9 Å². The third kappa shape index (κ3) is 6.06. The monoisotopic (exact) mass is 425 g/mol. The molecule has 1 aromatic rings. The first-order valence-electron chi connectivity index (χ1n) is 10.9. The number of piperidine rings is 1. The zero-order valence-electron chi connectivity index (χ0n) is 17.0. The predicted molar refractivity (Wildman–Crippen MR) is 113 cm³/mol. The topological polar surface area (TPSA) is 78.6 Å². The van der Waals surface area contributed by atoms with Crippen molar-refractivity contribution in [1.82, 2.24) is 10.2 Å². The van der Waals surface area contributed by atoms with Gasteiger partial charge < -0.3 is 21.1 Å². The highest BCUT2D eigenvalue weighted by Crippen LogP contribution is 2.33. The van der Waals surface area contributed by atoms with Crippen molar-refractivity contribution in [3.8, 4) is 0 Å². The Morgan fingerprint density at radius 1 is 1.28 bits per heavy atom. The van der Waals surface area contributed by atoms with Gasteiger partial charge in [-0.25, -0.2) is 9.18 Å². The summed E-state index contributed by atoms with van der Waals surface area (Å²) in [6, 6.07) is 4.45. The summed E-state index contributed by atoms with van der Waals surface area (Å²) in [6.07, 6.45) is 7.85. The van der Waals surface area contributed by atoms with Crippen molar-refractivity contribution in [3.05, 3.63) is 34.6 Å². The quantitative estimate of drug-likeness (QED) is 0.638. The van der Waals surface area contributed by atoms with Gasteiger partial charge in [0.25, 0.3) is 0 Å². The van der Waals surface area contributed by atoms with Crippen molar-refractivity contribution in [2.24, 2.45) is 17.6 Å². The molecule has 1 heterocycles. The number of halogens is 2. The Kier molecular flexibility index (Phi) is 8.16. The number of carbonyl (C=O) groups excluding carboxylic acids is 1. The molecule has 0 bridgehead atoms. The number of amides is 2. The molecule has 2 amide bonds. The maximum Gasteiger partial charge on any atom is 0.317 e. The third-order valence-electron chi connectivity index (χ3n) is 6.37. The highest BCUT2D eigenvalue weighted by atomic mass is 35.5. The summed E-state index contributed by atoms with van der Waals surface area (Å²) in [7, 11) is 0. The van der Waals surface area contributed by atoms with Crippen molar-refractivity contribution < 1.29 is 14.3 Å². The van der Waals surface area contributed by atoms with Gasteiger partial charge in [0, 0.05) is 37.2 Å². The standard InChI is InChI=1S/C22H33ClFN3O2/c23-19-10-4-9-18(20(19)24)21(28)16-8-5-11-27(14-16)22(29)26-13-17(25)12-15-6-2-1-3-7-15/h4,9-10,15-17,21,28H,1-3,5-8,11-14,25H2,(H,26,29)/t16-,17+,21+/m1/s1. The lowest BCUT2D eigenvalue weighted by Gasteiger charge is -2.35. The number of nitrogens with zero attached hydrogens (tertiary/aromatic N) is 1. The maximum atomic E-state index is 14.3. The number of aliphatic hydroxyl groups is 1. The average Bonchev–Trinajstić information content (AvgIpc) is 2.74. The molecule has 29 heavy (non-hydrogen) atoms. The van der Waals surface area contributed by atoms with Gasteiger partial charge >= 0.3 is 6.03 Å². The fourth-order valence-electron chi connectivity index (χ4n) is 4.72. The SMILES string of the molecule is N[C@H](CNC(=O)N1CCC[C@@H]([C@H](O)c2cccc(Cl)c2F)C1)CC1CCCCC1. The van der Waals surface area contributed by atoms with Crippen LogP contribution in [0.15, 0.2) is 18.2 Å². The van der Waals surface area contributed by atoms with Gasteiger partial charge in [0.15, 0.2) is 0 Å². The summed E-state index contributed by atoms with van der Waals surface area (Å²) in [5.41, 5.74) is 6.43. The molecule has 1 aromatic carbocycles. The molecular formula is C22H33ClFN3O2. The number of carbonyl (C=O) groups is 1. The van der Waals surface area contributed by atoms with Gasteiger partial charge in [0.1, 0.15) is 5.82 Å². The molecule has 1 saturated heterocycles. The van der Waals surface area contributed by atoms with Crippen LogP contribution in [0.3, 0.4) is 0 Å². The van der Waals surface area contributed by atoms with Crippen LogP contribution >= 0.6 is 11.6 Å². The lowest BCUT2D eigenvalue weighted by molar-refractivity contribution is 0.0585. The van der Waals surface area contributed by atoms with E-state index in [1.54, 1.807) is 17.0 Å². The van der Waals surface area contributed by atoms with Crippen LogP contribution in [-0.4, -0.2) is 41.7 Å². The smallest absolute Gasteiger partial charge is 0.317 e. The van der Waals surface area contributed by atoms with E-state index in [1.165, 1.54) is 38.2 Å². The van der Waals surface area contributed by atoms with Crippen molar-refractivity contribution in [2.75, 3.05) is 19.6 Å². The highest BCUT2D eigenvalue weighted by Gasteiger charge is 2.31. The molecular weight excluding hydrogens is 393 g/mol. The number of nitrogens with one attached hydrogen (secondary N) is 1. The molecule has 0 radical (unpaired) electrons. The summed E-state index contributed by atoms with van der Waals surface area (Å²) in [4.78, 5) is 14.3. The molecule has 2 aliphatic rings. The molecule has 1 aliphatic carbocycles. The van der Waals surface area contributed by atoms with Gasteiger partial charge in [-0.3, -0.25) is 0 Å². The van der Waals surface area contributed by atoms with Crippen LogP contribution in [0.2, 0.25) is 5.02 Å². The van der Waals surface area contributed by atoms with Gasteiger partial charge in [0.2, 0.25) is 0 Å². The first-order chi connectivity index (χ1) is 14.0. The molecule has 0 aromatic heterocycles. The fraction of sp³-hybridized carbons (Fsp3) is 0.682. The Morgan fingerprint density at radius 3 is 2.79 bits per heavy atom. The van der Waals surface area contributed by atoms with Gasteiger partial charge in [-0.05, 0) is 31.2 Å². The summed E-state index contributed by atoms with van der Waals surface area (Å²) < 4.78 is 14.3. The van der Waals surface area contributed by atoms with E-state index >= 15 is 0 Å². The van der Waals surface area contributed by atoms with E-state index in [9.17, 15) is 14.3 Å². The number of nitrogens with two attached hydrogens (primary N) is 1. The average molecular weight is 426 g/mol. The minimum Gasteiger partial charge on any atom is -0.388 e. The van der Waals surface area contributed by atoms with Gasteiger partial charge in [-0.1, -0.05) is 55.8 Å². The Hall–Kier alpha value is -1.37. The second-order valence-corrected chi connectivity index (χ2v) is 9.03. The molecule has 0 spiro atoms. The number of rotatable bonds is 6. The largest absolute Gasteiger partial charge is 0.388 e. The van der Waals surface area contributed by atoms with E-state index in [4.69, 9.17) is 17.3 Å². The fourth-order valence-corrected chi connectivity index (χ4v) is 4.90. The van der Waals surface area contributed by atoms with E-state index in [-0.39, 0.29) is 28.6 Å². The van der Waals surface area contributed by atoms with Crippen molar-refractivity contribution in [3.63, 3.8) is 0 Å². The lowest BCUT2D eigenvalue weighted by Crippen LogP contribution is -2.49. The summed E-state index contributed by atoms with van der Waals surface area (Å²) in [5, 5.41) is 13.6. The van der Waals surface area contributed by atoms with Crippen LogP contribution in [0.4, 0.5) is 9.18 Å². The molecule has 1 saturated carbocycles. The molecule has 162 valence electrons. The molecule has 0 unspecified atom stereocenters. The van der Waals surface area contributed by atoms with E-state index in [0.29, 0.717) is 25.6 Å².